The Morgan fingerprint density at radius 3 is 2.50 bits per heavy atom. The molecule has 0 fully saturated rings. The van der Waals surface area contributed by atoms with Crippen LogP contribution in [0.4, 0.5) is 29.3 Å². The van der Waals surface area contributed by atoms with Gasteiger partial charge >= 0.3 is 12.2 Å². The van der Waals surface area contributed by atoms with Gasteiger partial charge in [0.25, 0.3) is 11.8 Å². The first-order valence-electron chi connectivity index (χ1n) is 14.4. The molecule has 1 aliphatic rings. The Balaban J connectivity index is 1.41. The minimum Gasteiger partial charge on any atom is -0.485 e. The summed E-state index contributed by atoms with van der Waals surface area (Å²) in [6.07, 6.45) is -5.21. The van der Waals surface area contributed by atoms with Crippen LogP contribution in [-0.4, -0.2) is 76.6 Å². The molecule has 0 spiro atoms. The zero-order chi connectivity index (χ0) is 33.2. The second-order valence-electron chi connectivity index (χ2n) is 11.1. The van der Waals surface area contributed by atoms with Crippen LogP contribution < -0.4 is 15.4 Å². The molecule has 2 heterocycles. The average molecular weight is 656 g/mol. The fourth-order valence-electron chi connectivity index (χ4n) is 5.02. The van der Waals surface area contributed by atoms with Crippen LogP contribution in [0.2, 0.25) is 0 Å². The number of fused-ring (bicyclic) bond motifs is 2. The third-order valence-corrected chi connectivity index (χ3v) is 8.73. The SMILES string of the molecule is C[C@@H]1CN([C@@H](C)CO)C(=O)c2cccc(NC(=O)c3nc4ccccc4s3)c2O[C@H]1CN(C)C(=O)Nc1ccc(C(F)(F)F)cc1. The van der Waals surface area contributed by atoms with Crippen LogP contribution in [0.15, 0.2) is 66.7 Å². The molecule has 0 saturated heterocycles. The molecule has 3 N–H and O–H groups in total. The first-order chi connectivity index (χ1) is 21.8. The molecule has 1 aliphatic heterocycles. The number of hydrogen-bond acceptors (Lipinski definition) is 7. The number of ether oxygens (including phenoxy) is 1. The molecule has 0 saturated carbocycles. The predicted molar refractivity (Wildman–Crippen MR) is 168 cm³/mol. The van der Waals surface area contributed by atoms with Gasteiger partial charge in [0.2, 0.25) is 0 Å². The molecule has 3 aromatic carbocycles. The zero-order valence-corrected chi connectivity index (χ0v) is 26.0. The van der Waals surface area contributed by atoms with Gasteiger partial charge in [-0.15, -0.1) is 11.3 Å². The highest BCUT2D eigenvalue weighted by molar-refractivity contribution is 7.20. The van der Waals surface area contributed by atoms with Crippen molar-refractivity contribution in [2.24, 2.45) is 5.92 Å². The molecule has 0 bridgehead atoms. The molecule has 0 aliphatic carbocycles. The molecule has 46 heavy (non-hydrogen) atoms. The van der Waals surface area contributed by atoms with E-state index in [0.717, 1.165) is 16.8 Å². The van der Waals surface area contributed by atoms with E-state index in [4.69, 9.17) is 4.74 Å². The van der Waals surface area contributed by atoms with Gasteiger partial charge in [-0.1, -0.05) is 25.1 Å². The highest BCUT2D eigenvalue weighted by atomic mass is 32.1. The molecule has 1 aromatic heterocycles. The van der Waals surface area contributed by atoms with Crippen LogP contribution in [0.5, 0.6) is 5.75 Å². The molecule has 242 valence electrons. The van der Waals surface area contributed by atoms with Crippen LogP contribution in [0.3, 0.4) is 0 Å². The number of alkyl halides is 3. The first-order valence-corrected chi connectivity index (χ1v) is 15.2. The number of likely N-dealkylation sites (N-methyl/N-ethyl adjacent to an activating group) is 1. The topological polar surface area (TPSA) is 124 Å². The van der Waals surface area contributed by atoms with Gasteiger partial charge in [0.1, 0.15) is 6.10 Å². The minimum absolute atomic E-state index is 0.0166. The van der Waals surface area contributed by atoms with Crippen LogP contribution in [0.1, 0.15) is 39.6 Å². The number of nitrogens with one attached hydrogen (secondary N) is 2. The first kappa shape index (κ1) is 32.7. The summed E-state index contributed by atoms with van der Waals surface area (Å²) >= 11 is 1.22. The van der Waals surface area contributed by atoms with E-state index in [1.54, 1.807) is 31.2 Å². The highest BCUT2D eigenvalue weighted by Gasteiger charge is 2.35. The van der Waals surface area contributed by atoms with Crippen molar-refractivity contribution >= 4 is 50.8 Å². The van der Waals surface area contributed by atoms with Crippen molar-refractivity contribution in [1.82, 2.24) is 14.8 Å². The van der Waals surface area contributed by atoms with Crippen molar-refractivity contribution in [3.05, 3.63) is 82.9 Å². The van der Waals surface area contributed by atoms with Crippen molar-refractivity contribution in [3.8, 4) is 5.75 Å². The molecule has 3 atom stereocenters. The molecular weight excluding hydrogens is 623 g/mol. The Kier molecular flexibility index (Phi) is 9.49. The van der Waals surface area contributed by atoms with Crippen molar-refractivity contribution in [3.63, 3.8) is 0 Å². The maximum absolute atomic E-state index is 13.8. The number of halogens is 3. The number of hydrogen-bond donors (Lipinski definition) is 3. The third kappa shape index (κ3) is 7.07. The number of benzene rings is 3. The molecular formula is C32H32F3N5O5S. The Labute approximate surface area is 266 Å². The smallest absolute Gasteiger partial charge is 0.416 e. The molecule has 10 nitrogen and oxygen atoms in total. The standard InChI is InChI=1S/C32H32F3N5O5S/c1-18-15-40(19(2)17-41)30(43)22-7-6-9-24(37-28(42)29-38-23-8-4-5-10-26(23)46-29)27(22)45-25(18)16-39(3)31(44)36-21-13-11-20(12-14-21)32(33,34)35/h4-14,18-19,25,41H,15-17H2,1-3H3,(H,36,44)(H,37,42)/t18-,19+,25+/m1/s1. The van der Waals surface area contributed by atoms with E-state index in [1.165, 1.54) is 40.3 Å². The summed E-state index contributed by atoms with van der Waals surface area (Å²) in [5.74, 6) is -1.15. The van der Waals surface area contributed by atoms with Gasteiger partial charge in [0.15, 0.2) is 10.8 Å². The molecule has 5 rings (SSSR count). The van der Waals surface area contributed by atoms with Crippen molar-refractivity contribution in [1.29, 1.82) is 0 Å². The number of aromatic nitrogens is 1. The molecule has 0 unspecified atom stereocenters. The second-order valence-corrected chi connectivity index (χ2v) is 12.2. The number of carbonyl (C=O) groups is 3. The summed E-state index contributed by atoms with van der Waals surface area (Å²) in [6, 6.07) is 15.1. The number of urea groups is 1. The van der Waals surface area contributed by atoms with Crippen LogP contribution in [-0.2, 0) is 6.18 Å². The lowest BCUT2D eigenvalue weighted by molar-refractivity contribution is -0.137. The van der Waals surface area contributed by atoms with E-state index in [-0.39, 0.29) is 53.3 Å². The summed E-state index contributed by atoms with van der Waals surface area (Å²) in [7, 11) is 1.51. The number of rotatable bonds is 7. The number of amides is 4. The van der Waals surface area contributed by atoms with E-state index in [1.807, 2.05) is 25.1 Å². The van der Waals surface area contributed by atoms with E-state index in [2.05, 4.69) is 15.6 Å². The lowest BCUT2D eigenvalue weighted by Crippen LogP contribution is -2.50. The van der Waals surface area contributed by atoms with Gasteiger partial charge in [-0.2, -0.15) is 13.2 Å². The Hall–Kier alpha value is -4.69. The second kappa shape index (κ2) is 13.3. The van der Waals surface area contributed by atoms with Crippen molar-refractivity contribution in [2.45, 2.75) is 32.2 Å². The van der Waals surface area contributed by atoms with E-state index in [0.29, 0.717) is 5.52 Å². The van der Waals surface area contributed by atoms with Gasteiger partial charge in [-0.05, 0) is 55.5 Å². The number of aliphatic hydroxyl groups excluding tert-OH is 1. The zero-order valence-electron chi connectivity index (χ0n) is 25.2. The lowest BCUT2D eigenvalue weighted by atomic mass is 9.99. The maximum atomic E-state index is 13.8. The van der Waals surface area contributed by atoms with Gasteiger partial charge in [0.05, 0.1) is 46.2 Å². The quantitative estimate of drug-likeness (QED) is 0.226. The van der Waals surface area contributed by atoms with Gasteiger partial charge in [-0.3, -0.25) is 9.59 Å². The molecule has 14 heteroatoms. The fourth-order valence-corrected chi connectivity index (χ4v) is 5.88. The predicted octanol–water partition coefficient (Wildman–Crippen LogP) is 5.95. The van der Waals surface area contributed by atoms with Gasteiger partial charge < -0.3 is 30.3 Å². The number of para-hydroxylation sites is 2. The summed E-state index contributed by atoms with van der Waals surface area (Å²) in [5.41, 5.74) is 0.401. The van der Waals surface area contributed by atoms with E-state index >= 15 is 0 Å². The number of anilines is 2. The summed E-state index contributed by atoms with van der Waals surface area (Å²) in [5, 5.41) is 15.6. The van der Waals surface area contributed by atoms with Crippen molar-refractivity contribution in [2.75, 3.05) is 37.4 Å². The van der Waals surface area contributed by atoms with E-state index in [9.17, 15) is 32.7 Å². The number of thiazole rings is 1. The average Bonchev–Trinajstić information content (AvgIpc) is 3.47. The van der Waals surface area contributed by atoms with Crippen LogP contribution in [0, 0.1) is 5.92 Å². The fraction of sp³-hybridized carbons (Fsp3) is 0.312. The number of nitrogens with zero attached hydrogens (tertiary/aromatic N) is 3. The van der Waals surface area contributed by atoms with Crippen LogP contribution >= 0.6 is 11.3 Å². The van der Waals surface area contributed by atoms with Gasteiger partial charge in [-0.25, -0.2) is 9.78 Å². The summed E-state index contributed by atoms with van der Waals surface area (Å²) in [4.78, 5) is 47.4. The Morgan fingerprint density at radius 2 is 1.83 bits per heavy atom. The van der Waals surface area contributed by atoms with Gasteiger partial charge in [0, 0.05) is 25.2 Å². The van der Waals surface area contributed by atoms with Crippen molar-refractivity contribution < 1.29 is 37.4 Å². The largest absolute Gasteiger partial charge is 0.485 e. The van der Waals surface area contributed by atoms with E-state index < -0.39 is 41.7 Å². The Bertz CT molecular complexity index is 1710. The number of carbonyl (C=O) groups excluding carboxylic acids is 3. The third-order valence-electron chi connectivity index (χ3n) is 7.69. The minimum atomic E-state index is -4.50. The molecule has 4 aromatic rings. The normalized spacial score (nSPS) is 17.4. The monoisotopic (exact) mass is 655 g/mol. The molecule has 0 radical (unpaired) electrons. The number of aliphatic hydroxyl groups is 1. The lowest BCUT2D eigenvalue weighted by Gasteiger charge is -2.38. The maximum Gasteiger partial charge on any atom is 0.416 e. The van der Waals surface area contributed by atoms with Crippen LogP contribution in [0.25, 0.3) is 10.2 Å². The highest BCUT2D eigenvalue weighted by Crippen LogP contribution is 2.36. The summed E-state index contributed by atoms with van der Waals surface area (Å²) < 4.78 is 46.1. The Morgan fingerprint density at radius 1 is 1.11 bits per heavy atom. The molecule has 4 amide bonds. The summed E-state index contributed by atoms with van der Waals surface area (Å²) in [6.45, 7) is 3.47.